The lowest BCUT2D eigenvalue weighted by atomic mass is 10.1. The van der Waals surface area contributed by atoms with Crippen LogP contribution in [0.2, 0.25) is 0 Å². The number of anilines is 1. The SMILES string of the molecule is CCCc1ccc(S(=O)(=O)Nc2nc(CC(=O)N(C)CC)cs2)cc1. The number of thiazole rings is 1. The number of aryl methyl sites for hydroxylation is 1. The Morgan fingerprint density at radius 3 is 2.52 bits per heavy atom. The second-order valence-corrected chi connectivity index (χ2v) is 8.27. The van der Waals surface area contributed by atoms with Gasteiger partial charge in [0.2, 0.25) is 5.91 Å². The molecule has 0 aliphatic rings. The lowest BCUT2D eigenvalue weighted by Gasteiger charge is -2.12. The zero-order valence-electron chi connectivity index (χ0n) is 14.7. The molecule has 0 aliphatic heterocycles. The van der Waals surface area contributed by atoms with Crippen LogP contribution in [0.3, 0.4) is 0 Å². The maximum Gasteiger partial charge on any atom is 0.263 e. The number of amides is 1. The number of carbonyl (C=O) groups is 1. The second kappa shape index (κ2) is 8.44. The normalized spacial score (nSPS) is 11.3. The van der Waals surface area contributed by atoms with Gasteiger partial charge in [-0.15, -0.1) is 11.3 Å². The molecule has 1 aromatic carbocycles. The summed E-state index contributed by atoms with van der Waals surface area (Å²) in [6.07, 6.45) is 2.09. The van der Waals surface area contributed by atoms with Crippen molar-refractivity contribution in [1.82, 2.24) is 9.88 Å². The average Bonchev–Trinajstić information content (AvgIpc) is 3.01. The molecule has 6 nitrogen and oxygen atoms in total. The summed E-state index contributed by atoms with van der Waals surface area (Å²) in [6.45, 7) is 4.59. The molecule has 8 heteroatoms. The van der Waals surface area contributed by atoms with E-state index in [0.29, 0.717) is 12.2 Å². The number of nitrogens with one attached hydrogen (secondary N) is 1. The van der Waals surface area contributed by atoms with Gasteiger partial charge >= 0.3 is 0 Å². The maximum atomic E-state index is 12.4. The van der Waals surface area contributed by atoms with E-state index in [2.05, 4.69) is 16.6 Å². The Balaban J connectivity index is 2.07. The number of rotatable bonds is 8. The minimum Gasteiger partial charge on any atom is -0.346 e. The smallest absolute Gasteiger partial charge is 0.263 e. The summed E-state index contributed by atoms with van der Waals surface area (Å²) >= 11 is 1.17. The van der Waals surface area contributed by atoms with Gasteiger partial charge in [0.05, 0.1) is 17.0 Å². The lowest BCUT2D eigenvalue weighted by molar-refractivity contribution is -0.129. The average molecular weight is 382 g/mol. The molecule has 0 atom stereocenters. The molecule has 0 bridgehead atoms. The second-order valence-electron chi connectivity index (χ2n) is 5.73. The number of likely N-dealkylation sites (N-methyl/N-ethyl adjacent to an activating group) is 1. The topological polar surface area (TPSA) is 79.4 Å². The highest BCUT2D eigenvalue weighted by molar-refractivity contribution is 7.93. The molecule has 25 heavy (non-hydrogen) atoms. The molecule has 1 N–H and O–H groups in total. The summed E-state index contributed by atoms with van der Waals surface area (Å²) in [5.41, 5.74) is 1.67. The van der Waals surface area contributed by atoms with Gasteiger partial charge in [-0.25, -0.2) is 13.4 Å². The molecule has 0 aliphatic carbocycles. The third-order valence-electron chi connectivity index (χ3n) is 3.78. The number of hydrogen-bond donors (Lipinski definition) is 1. The van der Waals surface area contributed by atoms with E-state index in [1.165, 1.54) is 11.3 Å². The summed E-state index contributed by atoms with van der Waals surface area (Å²) in [4.78, 5) is 17.9. The van der Waals surface area contributed by atoms with Crippen molar-refractivity contribution in [2.75, 3.05) is 18.3 Å². The van der Waals surface area contributed by atoms with Gasteiger partial charge in [0, 0.05) is 19.0 Å². The fourth-order valence-corrected chi connectivity index (χ4v) is 4.16. The highest BCUT2D eigenvalue weighted by atomic mass is 32.2. The number of hydrogen-bond acceptors (Lipinski definition) is 5. The zero-order chi connectivity index (χ0) is 18.4. The Labute approximate surface area is 153 Å². The molecule has 0 spiro atoms. The van der Waals surface area contributed by atoms with Gasteiger partial charge < -0.3 is 4.90 Å². The molecule has 0 unspecified atom stereocenters. The standard InChI is InChI=1S/C17H23N3O3S2/c1-4-6-13-7-9-15(10-8-13)25(22,23)19-17-18-14(12-24-17)11-16(21)20(3)5-2/h7-10,12H,4-6,11H2,1-3H3,(H,18,19). The van der Waals surface area contributed by atoms with E-state index in [0.717, 1.165) is 18.4 Å². The fourth-order valence-electron chi connectivity index (χ4n) is 2.20. The first-order chi connectivity index (χ1) is 11.9. The Morgan fingerprint density at radius 2 is 1.92 bits per heavy atom. The monoisotopic (exact) mass is 381 g/mol. The summed E-state index contributed by atoms with van der Waals surface area (Å²) < 4.78 is 27.4. The number of carbonyl (C=O) groups excluding carboxylic acids is 1. The molecular formula is C17H23N3O3S2. The van der Waals surface area contributed by atoms with Crippen molar-refractivity contribution < 1.29 is 13.2 Å². The number of nitrogens with zero attached hydrogens (tertiary/aromatic N) is 2. The third-order valence-corrected chi connectivity index (χ3v) is 6.07. The van der Waals surface area contributed by atoms with Crippen molar-refractivity contribution in [2.24, 2.45) is 0 Å². The molecule has 2 rings (SSSR count). The first kappa shape index (κ1) is 19.4. The predicted molar refractivity (Wildman–Crippen MR) is 100 cm³/mol. The van der Waals surface area contributed by atoms with Crippen molar-refractivity contribution >= 4 is 32.4 Å². The van der Waals surface area contributed by atoms with Crippen LogP contribution >= 0.6 is 11.3 Å². The minimum absolute atomic E-state index is 0.0475. The molecule has 1 amide bonds. The van der Waals surface area contributed by atoms with Crippen molar-refractivity contribution in [1.29, 1.82) is 0 Å². The van der Waals surface area contributed by atoms with E-state index < -0.39 is 10.0 Å². The van der Waals surface area contributed by atoms with Crippen LogP contribution in [0.15, 0.2) is 34.5 Å². The van der Waals surface area contributed by atoms with E-state index in [1.807, 2.05) is 19.1 Å². The van der Waals surface area contributed by atoms with Crippen LogP contribution < -0.4 is 4.72 Å². The Hall–Kier alpha value is -1.93. The minimum atomic E-state index is -3.68. The Morgan fingerprint density at radius 1 is 1.24 bits per heavy atom. The first-order valence-corrected chi connectivity index (χ1v) is 10.5. The Kier molecular flexibility index (Phi) is 6.55. The largest absolute Gasteiger partial charge is 0.346 e. The van der Waals surface area contributed by atoms with E-state index >= 15 is 0 Å². The van der Waals surface area contributed by atoms with Gasteiger partial charge in [-0.1, -0.05) is 25.5 Å². The molecule has 0 saturated carbocycles. The number of aromatic nitrogens is 1. The summed E-state index contributed by atoms with van der Waals surface area (Å²) in [5, 5.41) is 1.96. The molecule has 1 heterocycles. The highest BCUT2D eigenvalue weighted by Gasteiger charge is 2.17. The molecule has 0 saturated heterocycles. The van der Waals surface area contributed by atoms with Crippen LogP contribution in [0.4, 0.5) is 5.13 Å². The summed E-state index contributed by atoms with van der Waals surface area (Å²) in [5.74, 6) is -0.0475. The summed E-state index contributed by atoms with van der Waals surface area (Å²) in [6, 6.07) is 6.85. The van der Waals surface area contributed by atoms with E-state index in [4.69, 9.17) is 0 Å². The first-order valence-electron chi connectivity index (χ1n) is 8.15. The lowest BCUT2D eigenvalue weighted by Crippen LogP contribution is -2.27. The van der Waals surface area contributed by atoms with Crippen LogP contribution in [0.5, 0.6) is 0 Å². The molecule has 0 fully saturated rings. The van der Waals surface area contributed by atoms with Crippen LogP contribution in [-0.2, 0) is 27.7 Å². The summed E-state index contributed by atoms with van der Waals surface area (Å²) in [7, 11) is -1.96. The maximum absolute atomic E-state index is 12.4. The van der Waals surface area contributed by atoms with Gasteiger partial charge in [-0.2, -0.15) is 0 Å². The van der Waals surface area contributed by atoms with Crippen molar-refractivity contribution in [3.05, 3.63) is 40.9 Å². The van der Waals surface area contributed by atoms with Crippen LogP contribution in [0, 0.1) is 0 Å². The zero-order valence-corrected chi connectivity index (χ0v) is 16.3. The van der Waals surface area contributed by atoms with E-state index in [-0.39, 0.29) is 22.4 Å². The van der Waals surface area contributed by atoms with Gasteiger partial charge in [-0.05, 0) is 31.0 Å². The molecule has 1 aromatic heterocycles. The van der Waals surface area contributed by atoms with Crippen molar-refractivity contribution in [3.8, 4) is 0 Å². The Bertz CT molecular complexity index is 814. The van der Waals surface area contributed by atoms with Gasteiger partial charge in [0.15, 0.2) is 5.13 Å². The van der Waals surface area contributed by atoms with Crippen LogP contribution in [-0.4, -0.2) is 37.8 Å². The molecular weight excluding hydrogens is 358 g/mol. The van der Waals surface area contributed by atoms with Gasteiger partial charge in [0.25, 0.3) is 10.0 Å². The van der Waals surface area contributed by atoms with E-state index in [9.17, 15) is 13.2 Å². The molecule has 2 aromatic rings. The van der Waals surface area contributed by atoms with Crippen LogP contribution in [0.1, 0.15) is 31.5 Å². The third kappa shape index (κ3) is 5.27. The quantitative estimate of drug-likeness (QED) is 0.762. The van der Waals surface area contributed by atoms with Crippen molar-refractivity contribution in [2.45, 2.75) is 38.0 Å². The van der Waals surface area contributed by atoms with Crippen molar-refractivity contribution in [3.63, 3.8) is 0 Å². The van der Waals surface area contributed by atoms with E-state index in [1.54, 1.807) is 29.5 Å². The molecule has 0 radical (unpaired) electrons. The molecule has 136 valence electrons. The number of sulfonamides is 1. The van der Waals surface area contributed by atoms with Gasteiger partial charge in [-0.3, -0.25) is 9.52 Å². The van der Waals surface area contributed by atoms with Crippen LogP contribution in [0.25, 0.3) is 0 Å². The number of benzene rings is 1. The van der Waals surface area contributed by atoms with Gasteiger partial charge in [0.1, 0.15) is 0 Å². The fraction of sp³-hybridized carbons (Fsp3) is 0.412. The predicted octanol–water partition coefficient (Wildman–Crippen LogP) is 2.92. The highest BCUT2D eigenvalue weighted by Crippen LogP contribution is 2.21.